The van der Waals surface area contributed by atoms with E-state index in [0.717, 1.165) is 15.7 Å². The fraction of sp³-hybridized carbons (Fsp3) is 0.188. The van der Waals surface area contributed by atoms with Gasteiger partial charge in [0, 0.05) is 10.0 Å². The molecule has 21 heavy (non-hydrogen) atoms. The zero-order valence-electron chi connectivity index (χ0n) is 11.9. The first-order chi connectivity index (χ1) is 10.0. The predicted octanol–water partition coefficient (Wildman–Crippen LogP) is 3.99. The summed E-state index contributed by atoms with van der Waals surface area (Å²) in [6.07, 6.45) is 0. The number of nitrogens with one attached hydrogen (secondary N) is 1. The number of nitrogen functional groups attached to an aromatic ring is 1. The van der Waals surface area contributed by atoms with Crippen LogP contribution in [0.15, 0.2) is 40.9 Å². The summed E-state index contributed by atoms with van der Waals surface area (Å²) >= 11 is 3.42. The molecule has 2 rings (SSSR count). The molecule has 4 nitrogen and oxygen atoms in total. The summed E-state index contributed by atoms with van der Waals surface area (Å²) in [5, 5.41) is 2.86. The van der Waals surface area contributed by atoms with Gasteiger partial charge in [-0.05, 0) is 65.7 Å². The van der Waals surface area contributed by atoms with Gasteiger partial charge in [-0.3, -0.25) is 4.79 Å². The Labute approximate surface area is 132 Å². The first kappa shape index (κ1) is 15.4. The Bertz CT molecular complexity index is 671. The monoisotopic (exact) mass is 348 g/mol. The molecule has 5 heteroatoms. The van der Waals surface area contributed by atoms with Gasteiger partial charge >= 0.3 is 0 Å². The summed E-state index contributed by atoms with van der Waals surface area (Å²) in [7, 11) is 0. The third kappa shape index (κ3) is 3.76. The van der Waals surface area contributed by atoms with Crippen LogP contribution in [-0.4, -0.2) is 12.5 Å². The highest BCUT2D eigenvalue weighted by molar-refractivity contribution is 9.10. The Morgan fingerprint density at radius 2 is 2.05 bits per heavy atom. The summed E-state index contributed by atoms with van der Waals surface area (Å²) in [6, 6.07) is 10.8. The van der Waals surface area contributed by atoms with E-state index in [4.69, 9.17) is 10.5 Å². The van der Waals surface area contributed by atoms with Crippen LogP contribution in [0.1, 0.15) is 22.8 Å². The van der Waals surface area contributed by atoms with Crippen molar-refractivity contribution < 1.29 is 9.53 Å². The molecule has 0 spiro atoms. The first-order valence-corrected chi connectivity index (χ1v) is 7.40. The molecule has 0 aliphatic heterocycles. The number of benzene rings is 2. The van der Waals surface area contributed by atoms with Crippen LogP contribution in [0.3, 0.4) is 0 Å². The maximum absolute atomic E-state index is 12.3. The Kier molecular flexibility index (Phi) is 4.85. The number of aryl methyl sites for hydroxylation is 1. The van der Waals surface area contributed by atoms with Crippen LogP contribution < -0.4 is 15.8 Å². The lowest BCUT2D eigenvalue weighted by atomic mass is 10.1. The largest absolute Gasteiger partial charge is 0.492 e. The maximum atomic E-state index is 12.3. The smallest absolute Gasteiger partial charge is 0.255 e. The minimum absolute atomic E-state index is 0.212. The van der Waals surface area contributed by atoms with Crippen LogP contribution >= 0.6 is 15.9 Å². The number of rotatable bonds is 4. The van der Waals surface area contributed by atoms with E-state index in [0.29, 0.717) is 23.6 Å². The van der Waals surface area contributed by atoms with E-state index in [1.54, 1.807) is 18.2 Å². The highest BCUT2D eigenvalue weighted by Crippen LogP contribution is 2.26. The van der Waals surface area contributed by atoms with Crippen molar-refractivity contribution in [2.75, 3.05) is 17.7 Å². The average Bonchev–Trinajstić information content (AvgIpc) is 2.45. The number of amides is 1. The second-order valence-corrected chi connectivity index (χ2v) is 5.48. The number of ether oxygens (including phenoxy) is 1. The molecule has 0 radical (unpaired) electrons. The standard InChI is InChI=1S/C16H17BrN2O2/c1-3-21-15-7-5-11(9-13(15)18)16(20)19-14-8-10(2)4-6-12(14)17/h4-9H,3,18H2,1-2H3,(H,19,20). The molecule has 0 aliphatic carbocycles. The number of hydrogen-bond acceptors (Lipinski definition) is 3. The number of anilines is 2. The number of halogens is 1. The van der Waals surface area contributed by atoms with Crippen molar-refractivity contribution in [2.45, 2.75) is 13.8 Å². The predicted molar refractivity (Wildman–Crippen MR) is 88.9 cm³/mol. The highest BCUT2D eigenvalue weighted by atomic mass is 79.9. The van der Waals surface area contributed by atoms with E-state index in [1.165, 1.54) is 0 Å². The maximum Gasteiger partial charge on any atom is 0.255 e. The van der Waals surface area contributed by atoms with E-state index in [9.17, 15) is 4.79 Å². The van der Waals surface area contributed by atoms with E-state index in [-0.39, 0.29) is 5.91 Å². The van der Waals surface area contributed by atoms with Crippen LogP contribution in [0.25, 0.3) is 0 Å². The molecule has 0 unspecified atom stereocenters. The van der Waals surface area contributed by atoms with E-state index in [2.05, 4.69) is 21.2 Å². The van der Waals surface area contributed by atoms with Gasteiger partial charge in [0.25, 0.3) is 5.91 Å². The van der Waals surface area contributed by atoms with Crippen LogP contribution in [0, 0.1) is 6.92 Å². The molecule has 1 amide bonds. The molecule has 0 aliphatic rings. The van der Waals surface area contributed by atoms with Crippen molar-refractivity contribution in [1.82, 2.24) is 0 Å². The first-order valence-electron chi connectivity index (χ1n) is 6.61. The van der Waals surface area contributed by atoms with Crippen molar-refractivity contribution in [3.05, 3.63) is 52.0 Å². The molecule has 110 valence electrons. The lowest BCUT2D eigenvalue weighted by molar-refractivity contribution is 0.102. The molecule has 0 heterocycles. The quantitative estimate of drug-likeness (QED) is 0.821. The van der Waals surface area contributed by atoms with Gasteiger partial charge in [-0.1, -0.05) is 6.07 Å². The van der Waals surface area contributed by atoms with Gasteiger partial charge in [-0.25, -0.2) is 0 Å². The van der Waals surface area contributed by atoms with Crippen molar-refractivity contribution in [3.8, 4) is 5.75 Å². The number of hydrogen-bond donors (Lipinski definition) is 2. The SMILES string of the molecule is CCOc1ccc(C(=O)Nc2cc(C)ccc2Br)cc1N. The fourth-order valence-corrected chi connectivity index (χ4v) is 2.25. The normalized spacial score (nSPS) is 10.2. The van der Waals surface area contributed by atoms with Crippen LogP contribution in [0.5, 0.6) is 5.75 Å². The summed E-state index contributed by atoms with van der Waals surface area (Å²) in [6.45, 7) is 4.39. The Balaban J connectivity index is 2.20. The summed E-state index contributed by atoms with van der Waals surface area (Å²) < 4.78 is 6.19. The minimum atomic E-state index is -0.212. The zero-order valence-corrected chi connectivity index (χ0v) is 13.5. The lowest BCUT2D eigenvalue weighted by Crippen LogP contribution is -2.13. The number of nitrogens with two attached hydrogens (primary N) is 1. The van der Waals surface area contributed by atoms with Crippen LogP contribution in [0.2, 0.25) is 0 Å². The van der Waals surface area contributed by atoms with Crippen molar-refractivity contribution in [1.29, 1.82) is 0 Å². The van der Waals surface area contributed by atoms with Gasteiger partial charge in [0.05, 0.1) is 18.0 Å². The molecule has 0 saturated heterocycles. The molecule has 2 aromatic carbocycles. The molecule has 2 aromatic rings. The summed E-state index contributed by atoms with van der Waals surface area (Å²) in [5.74, 6) is 0.377. The summed E-state index contributed by atoms with van der Waals surface area (Å²) in [5.41, 5.74) is 8.62. The summed E-state index contributed by atoms with van der Waals surface area (Å²) in [4.78, 5) is 12.3. The lowest BCUT2D eigenvalue weighted by Gasteiger charge is -2.11. The number of carbonyl (C=O) groups excluding carboxylic acids is 1. The van der Waals surface area contributed by atoms with Gasteiger partial charge in [-0.15, -0.1) is 0 Å². The minimum Gasteiger partial charge on any atom is -0.492 e. The molecule has 0 saturated carbocycles. The molecule has 3 N–H and O–H groups in total. The average molecular weight is 349 g/mol. The molecular formula is C16H17BrN2O2. The molecule has 0 fully saturated rings. The van der Waals surface area contributed by atoms with Crippen molar-refractivity contribution in [3.63, 3.8) is 0 Å². The second-order valence-electron chi connectivity index (χ2n) is 4.62. The van der Waals surface area contributed by atoms with Crippen LogP contribution in [-0.2, 0) is 0 Å². The van der Waals surface area contributed by atoms with Gasteiger partial charge < -0.3 is 15.8 Å². The molecular weight excluding hydrogens is 332 g/mol. The second kappa shape index (κ2) is 6.63. The zero-order chi connectivity index (χ0) is 15.4. The highest BCUT2D eigenvalue weighted by Gasteiger charge is 2.11. The topological polar surface area (TPSA) is 64.3 Å². The van der Waals surface area contributed by atoms with E-state index < -0.39 is 0 Å². The Hall–Kier alpha value is -2.01. The molecule has 0 bridgehead atoms. The van der Waals surface area contributed by atoms with Gasteiger partial charge in [0.1, 0.15) is 5.75 Å². The molecule has 0 atom stereocenters. The fourth-order valence-electron chi connectivity index (χ4n) is 1.91. The van der Waals surface area contributed by atoms with Gasteiger partial charge in [0.2, 0.25) is 0 Å². The van der Waals surface area contributed by atoms with Gasteiger partial charge in [0.15, 0.2) is 0 Å². The Morgan fingerprint density at radius 3 is 2.71 bits per heavy atom. The van der Waals surface area contributed by atoms with Crippen LogP contribution in [0.4, 0.5) is 11.4 Å². The van der Waals surface area contributed by atoms with E-state index in [1.807, 2.05) is 32.0 Å². The molecule has 0 aromatic heterocycles. The third-order valence-electron chi connectivity index (χ3n) is 2.94. The van der Waals surface area contributed by atoms with Gasteiger partial charge in [-0.2, -0.15) is 0 Å². The van der Waals surface area contributed by atoms with E-state index >= 15 is 0 Å². The number of carbonyl (C=O) groups is 1. The third-order valence-corrected chi connectivity index (χ3v) is 3.63. The van der Waals surface area contributed by atoms with Crippen molar-refractivity contribution >= 4 is 33.2 Å². The van der Waals surface area contributed by atoms with Crippen molar-refractivity contribution in [2.24, 2.45) is 0 Å². The Morgan fingerprint density at radius 1 is 1.29 bits per heavy atom.